The van der Waals surface area contributed by atoms with Gasteiger partial charge in [0.25, 0.3) is 0 Å². The summed E-state index contributed by atoms with van der Waals surface area (Å²) in [6, 6.07) is 11.0. The van der Waals surface area contributed by atoms with Crippen LogP contribution in [0.15, 0.2) is 36.5 Å². The van der Waals surface area contributed by atoms with Crippen molar-refractivity contribution in [2.24, 2.45) is 0 Å². The number of pyridine rings is 2. The van der Waals surface area contributed by atoms with Crippen molar-refractivity contribution in [3.05, 3.63) is 47.8 Å². The van der Waals surface area contributed by atoms with Crippen molar-refractivity contribution in [2.75, 3.05) is 31.6 Å². The molecule has 4 rings (SSSR count). The largest absolute Gasteiger partial charge is 0.380 e. The normalized spacial score (nSPS) is 22.2. The highest BCUT2D eigenvalue weighted by Crippen LogP contribution is 2.31. The van der Waals surface area contributed by atoms with E-state index in [1.807, 2.05) is 31.3 Å². The highest BCUT2D eigenvalue weighted by molar-refractivity contribution is 5.52. The zero-order chi connectivity index (χ0) is 17.1. The molecule has 4 heterocycles. The quantitative estimate of drug-likeness (QED) is 0.925. The van der Waals surface area contributed by atoms with E-state index in [-0.39, 0.29) is 0 Å². The van der Waals surface area contributed by atoms with E-state index in [0.29, 0.717) is 12.0 Å². The minimum atomic E-state index is 0.618. The molecular formula is C20H26N4O. The number of nitrogens with one attached hydrogen (secondary N) is 1. The van der Waals surface area contributed by atoms with E-state index in [2.05, 4.69) is 32.3 Å². The van der Waals surface area contributed by atoms with Crippen molar-refractivity contribution in [2.45, 2.75) is 38.1 Å². The van der Waals surface area contributed by atoms with Crippen LogP contribution in [-0.2, 0) is 4.74 Å². The van der Waals surface area contributed by atoms with Crippen LogP contribution in [0.25, 0.3) is 0 Å². The van der Waals surface area contributed by atoms with E-state index in [0.717, 1.165) is 30.5 Å². The van der Waals surface area contributed by atoms with E-state index in [1.165, 1.54) is 37.9 Å². The van der Waals surface area contributed by atoms with Gasteiger partial charge in [-0.3, -0.25) is 4.90 Å². The van der Waals surface area contributed by atoms with Crippen LogP contribution in [0.3, 0.4) is 0 Å². The van der Waals surface area contributed by atoms with E-state index in [4.69, 9.17) is 4.74 Å². The van der Waals surface area contributed by atoms with E-state index in [1.54, 1.807) is 0 Å². The summed E-state index contributed by atoms with van der Waals surface area (Å²) in [5.74, 6) is 2.34. The van der Waals surface area contributed by atoms with Gasteiger partial charge in [0.1, 0.15) is 11.6 Å². The van der Waals surface area contributed by atoms with Gasteiger partial charge in [0, 0.05) is 24.5 Å². The van der Waals surface area contributed by atoms with Crippen molar-refractivity contribution in [1.82, 2.24) is 14.9 Å². The van der Waals surface area contributed by atoms with Crippen LogP contribution >= 0.6 is 0 Å². The molecule has 0 aromatic carbocycles. The number of hydrogen-bond acceptors (Lipinski definition) is 5. The monoisotopic (exact) mass is 338 g/mol. The third-order valence-corrected chi connectivity index (χ3v) is 5.35. The summed E-state index contributed by atoms with van der Waals surface area (Å²) >= 11 is 0. The average Bonchev–Trinajstić information content (AvgIpc) is 3.17. The third-order valence-electron chi connectivity index (χ3n) is 5.35. The Bertz CT molecular complexity index is 706. The second kappa shape index (κ2) is 7.50. The van der Waals surface area contributed by atoms with Gasteiger partial charge in [-0.1, -0.05) is 6.07 Å². The number of aromatic nitrogens is 2. The summed E-state index contributed by atoms with van der Waals surface area (Å²) in [6.07, 6.45) is 5.52. The molecule has 0 spiro atoms. The fourth-order valence-corrected chi connectivity index (χ4v) is 3.92. The first-order chi connectivity index (χ1) is 12.3. The van der Waals surface area contributed by atoms with Crippen molar-refractivity contribution in [3.8, 4) is 0 Å². The molecule has 0 aliphatic carbocycles. The Morgan fingerprint density at radius 2 is 2.00 bits per heavy atom. The molecule has 2 aliphatic rings. The summed E-state index contributed by atoms with van der Waals surface area (Å²) in [7, 11) is 0. The Morgan fingerprint density at radius 1 is 1.12 bits per heavy atom. The predicted octanol–water partition coefficient (Wildman–Crippen LogP) is 3.50. The zero-order valence-corrected chi connectivity index (χ0v) is 14.8. The van der Waals surface area contributed by atoms with Gasteiger partial charge >= 0.3 is 0 Å². The van der Waals surface area contributed by atoms with Crippen LogP contribution in [-0.4, -0.2) is 47.2 Å². The number of piperidine rings is 1. The summed E-state index contributed by atoms with van der Waals surface area (Å²) in [5, 5.41) is 3.33. The molecule has 2 aromatic heterocycles. The summed E-state index contributed by atoms with van der Waals surface area (Å²) in [5.41, 5.74) is 2.39. The molecule has 1 N–H and O–H groups in total. The maximum Gasteiger partial charge on any atom is 0.131 e. The molecule has 1 unspecified atom stereocenters. The molecule has 5 nitrogen and oxygen atoms in total. The number of hydrogen-bond donors (Lipinski definition) is 1. The molecule has 0 radical (unpaired) electrons. The maximum atomic E-state index is 5.54. The Morgan fingerprint density at radius 3 is 2.76 bits per heavy atom. The third kappa shape index (κ3) is 3.99. The maximum absolute atomic E-state index is 5.54. The molecule has 5 heteroatoms. The lowest BCUT2D eigenvalue weighted by Crippen LogP contribution is -2.41. The lowest BCUT2D eigenvalue weighted by Gasteiger charge is -2.35. The first-order valence-electron chi connectivity index (χ1n) is 9.26. The number of ether oxygens (including phenoxy) is 1. The number of nitrogens with zero attached hydrogens (tertiary/aromatic N) is 3. The molecule has 25 heavy (non-hydrogen) atoms. The SMILES string of the molecule is Cc1cccc(Nc2cc(C3CCN(C4CCOC4)CC3)ccn2)n1. The Labute approximate surface area is 149 Å². The van der Waals surface area contributed by atoms with Gasteiger partial charge in [0.05, 0.1) is 6.61 Å². The van der Waals surface area contributed by atoms with Gasteiger partial charge in [-0.15, -0.1) is 0 Å². The first kappa shape index (κ1) is 16.5. The zero-order valence-electron chi connectivity index (χ0n) is 14.8. The average molecular weight is 338 g/mol. The topological polar surface area (TPSA) is 50.3 Å². The van der Waals surface area contributed by atoms with Gasteiger partial charge < -0.3 is 10.1 Å². The molecule has 2 aromatic rings. The summed E-state index contributed by atoms with van der Waals surface area (Å²) < 4.78 is 5.54. The lowest BCUT2D eigenvalue weighted by atomic mass is 9.89. The van der Waals surface area contributed by atoms with Crippen molar-refractivity contribution in [1.29, 1.82) is 0 Å². The van der Waals surface area contributed by atoms with Crippen LogP contribution in [0.2, 0.25) is 0 Å². The standard InChI is InChI=1S/C20H26N4O/c1-15-3-2-4-19(22-15)23-20-13-17(5-9-21-20)16-6-10-24(11-7-16)18-8-12-25-14-18/h2-5,9,13,16,18H,6-8,10-12,14H2,1H3,(H,21,22,23). The highest BCUT2D eigenvalue weighted by Gasteiger charge is 2.28. The van der Waals surface area contributed by atoms with Gasteiger partial charge in [-0.25, -0.2) is 9.97 Å². The van der Waals surface area contributed by atoms with Gasteiger partial charge in [-0.05, 0) is 75.0 Å². The molecule has 2 fully saturated rings. The molecular weight excluding hydrogens is 312 g/mol. The smallest absolute Gasteiger partial charge is 0.131 e. The number of likely N-dealkylation sites (tertiary alicyclic amines) is 1. The van der Waals surface area contributed by atoms with Crippen LogP contribution in [0.4, 0.5) is 11.6 Å². The minimum absolute atomic E-state index is 0.618. The van der Waals surface area contributed by atoms with Gasteiger partial charge in [-0.2, -0.15) is 0 Å². The van der Waals surface area contributed by atoms with Crippen molar-refractivity contribution < 1.29 is 4.74 Å². The molecule has 2 saturated heterocycles. The number of aryl methyl sites for hydroxylation is 1. The first-order valence-corrected chi connectivity index (χ1v) is 9.26. The van der Waals surface area contributed by atoms with Crippen LogP contribution in [0.5, 0.6) is 0 Å². The Kier molecular flexibility index (Phi) is 4.95. The number of anilines is 2. The predicted molar refractivity (Wildman–Crippen MR) is 99.3 cm³/mol. The van der Waals surface area contributed by atoms with Crippen molar-refractivity contribution in [3.63, 3.8) is 0 Å². The fourth-order valence-electron chi connectivity index (χ4n) is 3.92. The van der Waals surface area contributed by atoms with Crippen LogP contribution < -0.4 is 5.32 Å². The molecule has 0 bridgehead atoms. The molecule has 132 valence electrons. The van der Waals surface area contributed by atoms with Crippen molar-refractivity contribution >= 4 is 11.6 Å². The van der Waals surface area contributed by atoms with E-state index in [9.17, 15) is 0 Å². The lowest BCUT2D eigenvalue weighted by molar-refractivity contribution is 0.122. The van der Waals surface area contributed by atoms with E-state index >= 15 is 0 Å². The van der Waals surface area contributed by atoms with Crippen LogP contribution in [0, 0.1) is 6.92 Å². The molecule has 1 atom stereocenters. The van der Waals surface area contributed by atoms with E-state index < -0.39 is 0 Å². The second-order valence-electron chi connectivity index (χ2n) is 7.09. The fraction of sp³-hybridized carbons (Fsp3) is 0.500. The highest BCUT2D eigenvalue weighted by atomic mass is 16.5. The number of rotatable bonds is 4. The molecule has 0 amide bonds. The summed E-state index contributed by atoms with van der Waals surface area (Å²) in [4.78, 5) is 11.6. The second-order valence-corrected chi connectivity index (χ2v) is 7.09. The molecule has 2 aliphatic heterocycles. The van der Waals surface area contributed by atoms with Crippen LogP contribution in [0.1, 0.15) is 36.4 Å². The molecule has 0 saturated carbocycles. The van der Waals surface area contributed by atoms with Gasteiger partial charge in [0.2, 0.25) is 0 Å². The minimum Gasteiger partial charge on any atom is -0.380 e. The Balaban J connectivity index is 1.40. The summed E-state index contributed by atoms with van der Waals surface area (Å²) in [6.45, 7) is 6.18. The Hall–Kier alpha value is -1.98. The van der Waals surface area contributed by atoms with Gasteiger partial charge in [0.15, 0.2) is 0 Å².